The summed E-state index contributed by atoms with van der Waals surface area (Å²) < 4.78 is 0. The first-order chi connectivity index (χ1) is 7.08. The van der Waals surface area contributed by atoms with E-state index in [-0.39, 0.29) is 24.5 Å². The number of carbonyl (C=O) groups excluding carboxylic acids is 1. The van der Waals surface area contributed by atoms with E-state index in [1.807, 2.05) is 0 Å². The highest BCUT2D eigenvalue weighted by Gasteiger charge is 2.03. The Morgan fingerprint density at radius 2 is 2.27 bits per heavy atom. The molecule has 0 fully saturated rings. The van der Waals surface area contributed by atoms with Crippen LogP contribution in [0.15, 0.2) is 30.7 Å². The molecule has 4 nitrogen and oxygen atoms in total. The zero-order valence-electron chi connectivity index (χ0n) is 8.03. The van der Waals surface area contributed by atoms with Gasteiger partial charge in [0.15, 0.2) is 0 Å². The Balaban J connectivity index is 2.44. The molecule has 1 rings (SSSR count). The van der Waals surface area contributed by atoms with Crippen LogP contribution in [0.2, 0.25) is 5.02 Å². The van der Waals surface area contributed by atoms with Crippen molar-refractivity contribution in [3.05, 3.63) is 35.7 Å². The molecule has 0 saturated heterocycles. The summed E-state index contributed by atoms with van der Waals surface area (Å²) in [4.78, 5) is 15.2. The maximum atomic E-state index is 11.3. The molecule has 1 heterocycles. The Hall–Kier alpha value is -1.55. The largest absolute Gasteiger partial charge is 0.513 e. The van der Waals surface area contributed by atoms with Crippen LogP contribution in [-0.2, 0) is 4.79 Å². The van der Waals surface area contributed by atoms with Gasteiger partial charge in [0.05, 0.1) is 10.8 Å². The second-order valence-corrected chi connectivity index (χ2v) is 3.41. The Kier molecular flexibility index (Phi) is 4.12. The lowest BCUT2D eigenvalue weighted by Crippen LogP contribution is -2.12. The van der Waals surface area contributed by atoms with Gasteiger partial charge in [0.25, 0.3) is 0 Å². The summed E-state index contributed by atoms with van der Waals surface area (Å²) in [6.07, 6.45) is 1.88. The minimum absolute atomic E-state index is 0.00536. The lowest BCUT2D eigenvalue weighted by molar-refractivity contribution is -0.116. The summed E-state index contributed by atoms with van der Waals surface area (Å²) in [5.74, 6) is 0.210. The monoisotopic (exact) mass is 226 g/mol. The smallest absolute Gasteiger partial charge is 0.225 e. The van der Waals surface area contributed by atoms with Gasteiger partial charge in [-0.3, -0.25) is 4.79 Å². The first kappa shape index (κ1) is 11.5. The summed E-state index contributed by atoms with van der Waals surface area (Å²) in [6, 6.07) is 3.24. The van der Waals surface area contributed by atoms with Crippen LogP contribution < -0.4 is 5.32 Å². The van der Waals surface area contributed by atoms with E-state index in [4.69, 9.17) is 16.7 Å². The number of aliphatic hydroxyl groups is 1. The molecule has 5 heteroatoms. The molecule has 2 N–H and O–H groups in total. The first-order valence-electron chi connectivity index (χ1n) is 4.36. The van der Waals surface area contributed by atoms with Crippen molar-refractivity contribution in [2.75, 3.05) is 5.32 Å². The molecule has 80 valence electrons. The minimum Gasteiger partial charge on any atom is -0.513 e. The zero-order valence-corrected chi connectivity index (χ0v) is 8.79. The number of pyridine rings is 1. The van der Waals surface area contributed by atoms with Crippen molar-refractivity contribution >= 4 is 23.3 Å². The van der Waals surface area contributed by atoms with Crippen molar-refractivity contribution in [3.8, 4) is 0 Å². The van der Waals surface area contributed by atoms with Crippen LogP contribution in [0, 0.1) is 0 Å². The molecule has 0 spiro atoms. The van der Waals surface area contributed by atoms with Crippen LogP contribution in [0.25, 0.3) is 0 Å². The van der Waals surface area contributed by atoms with Crippen LogP contribution in [0.1, 0.15) is 12.8 Å². The highest BCUT2D eigenvalue weighted by molar-refractivity contribution is 6.30. The van der Waals surface area contributed by atoms with Crippen LogP contribution in [-0.4, -0.2) is 16.0 Å². The lowest BCUT2D eigenvalue weighted by atomic mass is 10.2. The number of hydrogen-bond donors (Lipinski definition) is 2. The van der Waals surface area contributed by atoms with Crippen molar-refractivity contribution in [2.24, 2.45) is 0 Å². The molecule has 0 saturated carbocycles. The summed E-state index contributed by atoms with van der Waals surface area (Å²) >= 11 is 5.63. The number of allylic oxidation sites excluding steroid dienone is 1. The highest BCUT2D eigenvalue weighted by Crippen LogP contribution is 2.10. The molecular weight excluding hydrogens is 216 g/mol. The van der Waals surface area contributed by atoms with E-state index < -0.39 is 0 Å². The quantitative estimate of drug-likeness (QED) is 0.776. The number of aromatic nitrogens is 1. The molecular formula is C10H11ClN2O2. The minimum atomic E-state index is -0.222. The number of rotatable bonds is 4. The standard InChI is InChI=1S/C10H11ClN2O2/c1-7(14)2-5-10(15)13-9-4-3-8(11)6-12-9/h3-4,6,14H,1-2,5H2,(H,12,13,15). The SMILES string of the molecule is C=C(O)CCC(=O)Nc1ccc(Cl)cn1. The van der Waals surface area contributed by atoms with E-state index in [2.05, 4.69) is 16.9 Å². The highest BCUT2D eigenvalue weighted by atomic mass is 35.5. The van der Waals surface area contributed by atoms with E-state index in [9.17, 15) is 4.79 Å². The van der Waals surface area contributed by atoms with Gasteiger partial charge in [-0.05, 0) is 12.1 Å². The van der Waals surface area contributed by atoms with Gasteiger partial charge < -0.3 is 10.4 Å². The fraction of sp³-hybridized carbons (Fsp3) is 0.200. The lowest BCUT2D eigenvalue weighted by Gasteiger charge is -2.03. The Morgan fingerprint density at radius 3 is 2.80 bits per heavy atom. The fourth-order valence-electron chi connectivity index (χ4n) is 0.913. The summed E-state index contributed by atoms with van der Waals surface area (Å²) in [5.41, 5.74) is 0. The predicted octanol–water partition coefficient (Wildman–Crippen LogP) is 2.53. The average Bonchev–Trinajstić information content (AvgIpc) is 2.19. The van der Waals surface area contributed by atoms with Crippen molar-refractivity contribution in [2.45, 2.75) is 12.8 Å². The summed E-state index contributed by atoms with van der Waals surface area (Å²) in [5, 5.41) is 11.9. The summed E-state index contributed by atoms with van der Waals surface area (Å²) in [7, 11) is 0. The number of anilines is 1. The van der Waals surface area contributed by atoms with Gasteiger partial charge in [-0.1, -0.05) is 18.2 Å². The number of amides is 1. The first-order valence-corrected chi connectivity index (χ1v) is 4.74. The van der Waals surface area contributed by atoms with Crippen LogP contribution in [0.5, 0.6) is 0 Å². The van der Waals surface area contributed by atoms with E-state index in [0.717, 1.165) is 0 Å². The molecule has 0 aliphatic heterocycles. The molecule has 1 aromatic heterocycles. The Labute approximate surface area is 92.6 Å². The van der Waals surface area contributed by atoms with Gasteiger partial charge in [0.1, 0.15) is 5.82 Å². The summed E-state index contributed by atoms with van der Waals surface area (Å²) in [6.45, 7) is 3.29. The van der Waals surface area contributed by atoms with Gasteiger partial charge in [-0.2, -0.15) is 0 Å². The number of aliphatic hydroxyl groups excluding tert-OH is 1. The van der Waals surface area contributed by atoms with E-state index in [1.54, 1.807) is 12.1 Å². The molecule has 1 aromatic rings. The zero-order chi connectivity index (χ0) is 11.3. The van der Waals surface area contributed by atoms with Gasteiger partial charge in [-0.25, -0.2) is 4.98 Å². The third-order valence-corrected chi connectivity index (χ3v) is 1.86. The van der Waals surface area contributed by atoms with Crippen LogP contribution >= 0.6 is 11.6 Å². The third kappa shape index (κ3) is 4.46. The maximum absolute atomic E-state index is 11.3. The van der Waals surface area contributed by atoms with Gasteiger partial charge in [-0.15, -0.1) is 0 Å². The van der Waals surface area contributed by atoms with E-state index in [1.165, 1.54) is 6.20 Å². The number of nitrogens with one attached hydrogen (secondary N) is 1. The van der Waals surface area contributed by atoms with Gasteiger partial charge in [0.2, 0.25) is 5.91 Å². The van der Waals surface area contributed by atoms with Gasteiger partial charge >= 0.3 is 0 Å². The molecule has 0 unspecified atom stereocenters. The van der Waals surface area contributed by atoms with E-state index in [0.29, 0.717) is 10.8 Å². The Bertz CT molecular complexity index is 362. The van der Waals surface area contributed by atoms with Crippen molar-refractivity contribution in [1.82, 2.24) is 4.98 Å². The van der Waals surface area contributed by atoms with Crippen LogP contribution in [0.3, 0.4) is 0 Å². The third-order valence-electron chi connectivity index (χ3n) is 1.64. The van der Waals surface area contributed by atoms with Crippen molar-refractivity contribution < 1.29 is 9.90 Å². The molecule has 0 radical (unpaired) electrons. The predicted molar refractivity (Wildman–Crippen MR) is 58.9 cm³/mol. The molecule has 15 heavy (non-hydrogen) atoms. The molecule has 0 atom stereocenters. The number of hydrogen-bond acceptors (Lipinski definition) is 3. The van der Waals surface area contributed by atoms with Gasteiger partial charge in [0, 0.05) is 19.0 Å². The molecule has 0 aromatic carbocycles. The fourth-order valence-corrected chi connectivity index (χ4v) is 1.02. The number of halogens is 1. The maximum Gasteiger partial charge on any atom is 0.225 e. The molecule has 0 aliphatic carbocycles. The Morgan fingerprint density at radius 1 is 1.53 bits per heavy atom. The van der Waals surface area contributed by atoms with E-state index >= 15 is 0 Å². The normalized spacial score (nSPS) is 9.67. The number of nitrogens with zero attached hydrogens (tertiary/aromatic N) is 1. The van der Waals surface area contributed by atoms with Crippen molar-refractivity contribution in [3.63, 3.8) is 0 Å². The van der Waals surface area contributed by atoms with Crippen LogP contribution in [0.4, 0.5) is 5.82 Å². The molecule has 0 aliphatic rings. The average molecular weight is 227 g/mol. The molecule has 1 amide bonds. The second kappa shape index (κ2) is 5.36. The molecule has 0 bridgehead atoms. The van der Waals surface area contributed by atoms with Crippen molar-refractivity contribution in [1.29, 1.82) is 0 Å². The topological polar surface area (TPSA) is 62.2 Å². The second-order valence-electron chi connectivity index (χ2n) is 2.98. The number of carbonyl (C=O) groups is 1.